The molecule has 2 N–H and O–H groups in total. The Labute approximate surface area is 94.9 Å². The molecule has 0 aliphatic carbocycles. The molecule has 1 aromatic carbocycles. The number of benzene rings is 1. The third-order valence-electron chi connectivity index (χ3n) is 2.08. The second-order valence-corrected chi connectivity index (χ2v) is 3.53. The minimum Gasteiger partial charge on any atom is -0.477 e. The van der Waals surface area contributed by atoms with Crippen LogP contribution >= 0.6 is 11.6 Å². The van der Waals surface area contributed by atoms with E-state index in [-0.39, 0.29) is 5.69 Å². The molecule has 0 spiro atoms. The fraction of sp³-hybridized carbons (Fsp3) is 0. The van der Waals surface area contributed by atoms with Crippen LogP contribution in [0.5, 0.6) is 0 Å². The van der Waals surface area contributed by atoms with Crippen LogP contribution in [0, 0.1) is 0 Å². The van der Waals surface area contributed by atoms with Gasteiger partial charge in [0, 0.05) is 11.2 Å². The van der Waals surface area contributed by atoms with Crippen molar-refractivity contribution in [1.29, 1.82) is 0 Å². The van der Waals surface area contributed by atoms with Crippen molar-refractivity contribution < 1.29 is 9.90 Å². The van der Waals surface area contributed by atoms with E-state index < -0.39 is 11.7 Å². The number of carboxylic acid groups (broad SMARTS) is 1. The van der Waals surface area contributed by atoms with E-state index in [1.54, 1.807) is 24.3 Å². The molecule has 1 heterocycles. The van der Waals surface area contributed by atoms with Crippen molar-refractivity contribution in [2.45, 2.75) is 0 Å². The maximum Gasteiger partial charge on any atom is 0.354 e. The number of aromatic amines is 1. The van der Waals surface area contributed by atoms with E-state index in [0.29, 0.717) is 10.7 Å². The first-order chi connectivity index (χ1) is 7.59. The van der Waals surface area contributed by atoms with Crippen LogP contribution in [0.1, 0.15) is 10.5 Å². The van der Waals surface area contributed by atoms with Crippen LogP contribution in [-0.2, 0) is 0 Å². The van der Waals surface area contributed by atoms with Crippen molar-refractivity contribution >= 4 is 17.6 Å². The third kappa shape index (κ3) is 1.72. The number of aromatic carboxylic acids is 1. The molecule has 0 saturated heterocycles. The lowest BCUT2D eigenvalue weighted by molar-refractivity contribution is 0.0688. The molecule has 2 aromatic rings. The van der Waals surface area contributed by atoms with Gasteiger partial charge in [-0.3, -0.25) is 4.57 Å². The van der Waals surface area contributed by atoms with Crippen molar-refractivity contribution in [3.05, 3.63) is 51.7 Å². The fourth-order valence-electron chi connectivity index (χ4n) is 1.37. The van der Waals surface area contributed by atoms with Gasteiger partial charge in [-0.25, -0.2) is 9.59 Å². The highest BCUT2D eigenvalue weighted by molar-refractivity contribution is 6.30. The number of nitrogens with zero attached hydrogens (tertiary/aromatic N) is 1. The van der Waals surface area contributed by atoms with Crippen LogP contribution in [0.4, 0.5) is 0 Å². The molecule has 0 aliphatic rings. The van der Waals surface area contributed by atoms with Gasteiger partial charge in [-0.1, -0.05) is 11.6 Å². The molecule has 0 fully saturated rings. The number of nitrogens with one attached hydrogen (secondary N) is 1. The topological polar surface area (TPSA) is 75.1 Å². The van der Waals surface area contributed by atoms with Crippen LogP contribution in [0.2, 0.25) is 5.02 Å². The second-order valence-electron chi connectivity index (χ2n) is 3.10. The Morgan fingerprint density at radius 3 is 2.50 bits per heavy atom. The largest absolute Gasteiger partial charge is 0.477 e. The van der Waals surface area contributed by atoms with Crippen LogP contribution in [0.3, 0.4) is 0 Å². The number of rotatable bonds is 2. The summed E-state index contributed by atoms with van der Waals surface area (Å²) in [4.78, 5) is 24.6. The Hall–Kier alpha value is -2.01. The van der Waals surface area contributed by atoms with Gasteiger partial charge in [-0.2, -0.15) is 0 Å². The first-order valence-corrected chi connectivity index (χ1v) is 4.77. The van der Waals surface area contributed by atoms with Crippen molar-refractivity contribution in [2.75, 3.05) is 0 Å². The number of carboxylic acids is 1. The minimum atomic E-state index is -1.17. The molecule has 2 rings (SSSR count). The van der Waals surface area contributed by atoms with Crippen molar-refractivity contribution in [3.63, 3.8) is 0 Å². The Morgan fingerprint density at radius 2 is 1.94 bits per heavy atom. The zero-order valence-electron chi connectivity index (χ0n) is 7.98. The summed E-state index contributed by atoms with van der Waals surface area (Å²) in [5, 5.41) is 9.41. The lowest BCUT2D eigenvalue weighted by Gasteiger charge is -2.03. The minimum absolute atomic E-state index is 0.118. The van der Waals surface area contributed by atoms with Crippen molar-refractivity contribution in [2.24, 2.45) is 0 Å². The molecule has 1 aromatic heterocycles. The average Bonchev–Trinajstić information content (AvgIpc) is 2.62. The Kier molecular flexibility index (Phi) is 2.54. The predicted molar refractivity (Wildman–Crippen MR) is 58.4 cm³/mol. The zero-order valence-corrected chi connectivity index (χ0v) is 8.73. The summed E-state index contributed by atoms with van der Waals surface area (Å²) >= 11 is 5.70. The number of hydrogen-bond acceptors (Lipinski definition) is 2. The highest BCUT2D eigenvalue weighted by Crippen LogP contribution is 2.13. The molecule has 16 heavy (non-hydrogen) atoms. The van der Waals surface area contributed by atoms with Gasteiger partial charge in [0.05, 0.1) is 5.69 Å². The van der Waals surface area contributed by atoms with Crippen LogP contribution in [0.15, 0.2) is 35.3 Å². The Balaban J connectivity index is 2.63. The van der Waals surface area contributed by atoms with Gasteiger partial charge >= 0.3 is 11.7 Å². The molecule has 82 valence electrons. The smallest absolute Gasteiger partial charge is 0.354 e. The van der Waals surface area contributed by atoms with Crippen LogP contribution in [0.25, 0.3) is 5.69 Å². The monoisotopic (exact) mass is 238 g/mol. The molecule has 0 bridgehead atoms. The first kappa shape index (κ1) is 10.5. The van der Waals surface area contributed by atoms with Gasteiger partial charge in [0.15, 0.2) is 5.69 Å². The van der Waals surface area contributed by atoms with E-state index >= 15 is 0 Å². The van der Waals surface area contributed by atoms with E-state index in [9.17, 15) is 9.59 Å². The number of aromatic nitrogens is 2. The maximum atomic E-state index is 11.4. The average molecular weight is 239 g/mol. The number of hydrogen-bond donors (Lipinski definition) is 2. The highest BCUT2D eigenvalue weighted by Gasteiger charge is 2.14. The number of H-pyrrole nitrogens is 1. The molecular weight excluding hydrogens is 232 g/mol. The molecule has 6 heteroatoms. The van der Waals surface area contributed by atoms with Crippen molar-refractivity contribution in [3.8, 4) is 5.69 Å². The van der Waals surface area contributed by atoms with Gasteiger partial charge in [0.2, 0.25) is 0 Å². The van der Waals surface area contributed by atoms with E-state index in [1.807, 2.05) is 0 Å². The maximum absolute atomic E-state index is 11.4. The molecule has 0 unspecified atom stereocenters. The van der Waals surface area contributed by atoms with E-state index in [2.05, 4.69) is 4.98 Å². The summed E-state index contributed by atoms with van der Waals surface area (Å²) in [5.74, 6) is -1.17. The Bertz CT molecular complexity index is 583. The molecular formula is C10H7ClN2O3. The summed E-state index contributed by atoms with van der Waals surface area (Å²) < 4.78 is 1.07. The lowest BCUT2D eigenvalue weighted by Crippen LogP contribution is -2.18. The van der Waals surface area contributed by atoms with Gasteiger partial charge in [-0.15, -0.1) is 0 Å². The summed E-state index contributed by atoms with van der Waals surface area (Å²) in [7, 11) is 0. The van der Waals surface area contributed by atoms with E-state index in [1.165, 1.54) is 0 Å². The fourth-order valence-corrected chi connectivity index (χ4v) is 1.50. The van der Waals surface area contributed by atoms with E-state index in [4.69, 9.17) is 16.7 Å². The first-order valence-electron chi connectivity index (χ1n) is 4.39. The summed E-state index contributed by atoms with van der Waals surface area (Å²) in [5.41, 5.74) is -0.167. The molecule has 0 amide bonds. The lowest BCUT2D eigenvalue weighted by atomic mass is 10.3. The molecule has 0 radical (unpaired) electrons. The van der Waals surface area contributed by atoms with Crippen LogP contribution < -0.4 is 5.69 Å². The van der Waals surface area contributed by atoms with Gasteiger partial charge < -0.3 is 10.1 Å². The van der Waals surface area contributed by atoms with Gasteiger partial charge in [-0.05, 0) is 24.3 Å². The van der Waals surface area contributed by atoms with Gasteiger partial charge in [0.1, 0.15) is 0 Å². The second kappa shape index (κ2) is 3.86. The SMILES string of the molecule is O=C(O)c1c[nH]c(=O)n1-c1ccc(Cl)cc1. The summed E-state index contributed by atoms with van der Waals surface area (Å²) in [6.45, 7) is 0. The molecule has 0 atom stereocenters. The third-order valence-corrected chi connectivity index (χ3v) is 2.33. The predicted octanol–water partition coefficient (Wildman–Crippen LogP) is 1.52. The van der Waals surface area contributed by atoms with Crippen molar-refractivity contribution in [1.82, 2.24) is 9.55 Å². The number of halogens is 1. The molecule has 0 aliphatic heterocycles. The highest BCUT2D eigenvalue weighted by atomic mass is 35.5. The quantitative estimate of drug-likeness (QED) is 0.833. The van der Waals surface area contributed by atoms with E-state index in [0.717, 1.165) is 10.8 Å². The molecule has 0 saturated carbocycles. The number of carbonyl (C=O) groups is 1. The Morgan fingerprint density at radius 1 is 1.31 bits per heavy atom. The summed E-state index contributed by atoms with van der Waals surface area (Å²) in [6, 6.07) is 6.32. The summed E-state index contributed by atoms with van der Waals surface area (Å²) in [6.07, 6.45) is 1.15. The zero-order chi connectivity index (χ0) is 11.7. The number of imidazole rings is 1. The van der Waals surface area contributed by atoms with Gasteiger partial charge in [0.25, 0.3) is 0 Å². The normalized spacial score (nSPS) is 10.3. The molecule has 5 nitrogen and oxygen atoms in total. The standard InChI is InChI=1S/C10H7ClN2O3/c11-6-1-3-7(4-2-6)13-8(9(14)15)5-12-10(13)16/h1-5H,(H,12,16)(H,14,15). The van der Waals surface area contributed by atoms with Crippen LogP contribution in [-0.4, -0.2) is 20.6 Å².